The van der Waals surface area contributed by atoms with Crippen LogP contribution in [0.1, 0.15) is 6.42 Å². The molecule has 0 unspecified atom stereocenters. The van der Waals surface area contributed by atoms with Crippen molar-refractivity contribution in [1.82, 2.24) is 24.9 Å². The van der Waals surface area contributed by atoms with Crippen molar-refractivity contribution >= 4 is 36.6 Å². The number of aryl methyl sites for hydroxylation is 1. The van der Waals surface area contributed by atoms with E-state index in [1.54, 1.807) is 22.8 Å². The van der Waals surface area contributed by atoms with Crippen molar-refractivity contribution in [3.8, 4) is 0 Å². The second-order valence-corrected chi connectivity index (χ2v) is 4.90. The molecule has 1 aromatic rings. The van der Waals surface area contributed by atoms with Gasteiger partial charge in [0.2, 0.25) is 11.8 Å². The molecule has 0 bridgehead atoms. The van der Waals surface area contributed by atoms with Crippen LogP contribution in [0.3, 0.4) is 0 Å². The van der Waals surface area contributed by atoms with Crippen LogP contribution in [0.2, 0.25) is 0 Å². The molecule has 1 saturated heterocycles. The van der Waals surface area contributed by atoms with Gasteiger partial charge in [0.1, 0.15) is 0 Å². The molecule has 1 aromatic heterocycles. The summed E-state index contributed by atoms with van der Waals surface area (Å²) >= 11 is 0. The summed E-state index contributed by atoms with van der Waals surface area (Å²) in [6.45, 7) is 3.77. The van der Waals surface area contributed by atoms with E-state index in [9.17, 15) is 9.59 Å². The molecule has 1 aliphatic heterocycles. The molecule has 1 aliphatic rings. The van der Waals surface area contributed by atoms with E-state index in [0.29, 0.717) is 26.1 Å². The third-order valence-electron chi connectivity index (χ3n) is 3.38. The van der Waals surface area contributed by atoms with Gasteiger partial charge < -0.3 is 15.1 Å². The van der Waals surface area contributed by atoms with E-state index >= 15 is 0 Å². The van der Waals surface area contributed by atoms with E-state index in [1.165, 1.54) is 4.90 Å². The summed E-state index contributed by atoms with van der Waals surface area (Å²) in [7, 11) is 1.67. The molecule has 0 atom stereocenters. The highest BCUT2D eigenvalue weighted by molar-refractivity contribution is 5.86. The standard InChI is InChI=1S/C13H21N5O2.2ClH/c1-16(11-13(20)17-9-5-14-6-10-17)12(19)3-8-18-7-2-4-15-18;;/h2,4,7,14H,3,5-6,8-11H2,1H3;2*1H. The summed E-state index contributed by atoms with van der Waals surface area (Å²) in [6.07, 6.45) is 3.86. The maximum absolute atomic E-state index is 12.0. The Morgan fingerprint density at radius 2 is 1.95 bits per heavy atom. The van der Waals surface area contributed by atoms with Crippen molar-refractivity contribution in [2.45, 2.75) is 13.0 Å². The lowest BCUT2D eigenvalue weighted by atomic mass is 10.3. The Bertz CT molecular complexity index is 449. The van der Waals surface area contributed by atoms with Crippen molar-refractivity contribution < 1.29 is 9.59 Å². The van der Waals surface area contributed by atoms with Crippen molar-refractivity contribution in [1.29, 1.82) is 0 Å². The van der Waals surface area contributed by atoms with Gasteiger partial charge in [-0.05, 0) is 6.07 Å². The summed E-state index contributed by atoms with van der Waals surface area (Å²) in [5.74, 6) is -0.0228. The van der Waals surface area contributed by atoms with Crippen LogP contribution in [0.25, 0.3) is 0 Å². The van der Waals surface area contributed by atoms with Gasteiger partial charge in [-0.1, -0.05) is 0 Å². The molecule has 1 fully saturated rings. The number of carbonyl (C=O) groups is 2. The first kappa shape index (κ1) is 20.7. The molecule has 7 nitrogen and oxygen atoms in total. The summed E-state index contributed by atoms with van der Waals surface area (Å²) in [6, 6.07) is 1.82. The van der Waals surface area contributed by atoms with Gasteiger partial charge in [-0.2, -0.15) is 5.10 Å². The molecule has 126 valence electrons. The summed E-state index contributed by atoms with van der Waals surface area (Å²) in [4.78, 5) is 27.3. The number of aromatic nitrogens is 2. The monoisotopic (exact) mass is 351 g/mol. The van der Waals surface area contributed by atoms with Gasteiger partial charge in [0.15, 0.2) is 0 Å². The van der Waals surface area contributed by atoms with Crippen LogP contribution in [0.4, 0.5) is 0 Å². The zero-order chi connectivity index (χ0) is 14.4. The zero-order valence-electron chi connectivity index (χ0n) is 12.6. The molecule has 2 amide bonds. The molecule has 0 aliphatic carbocycles. The fourth-order valence-electron chi connectivity index (χ4n) is 2.14. The Morgan fingerprint density at radius 3 is 2.55 bits per heavy atom. The Kier molecular flexibility index (Phi) is 9.80. The van der Waals surface area contributed by atoms with Crippen LogP contribution >= 0.6 is 24.8 Å². The van der Waals surface area contributed by atoms with Gasteiger partial charge in [-0.25, -0.2) is 0 Å². The Hall–Kier alpha value is -1.31. The number of piperazine rings is 1. The largest absolute Gasteiger partial charge is 0.339 e. The highest BCUT2D eigenvalue weighted by atomic mass is 35.5. The molecule has 9 heteroatoms. The highest BCUT2D eigenvalue weighted by Crippen LogP contribution is 1.99. The zero-order valence-corrected chi connectivity index (χ0v) is 14.2. The summed E-state index contributed by atoms with van der Waals surface area (Å²) < 4.78 is 1.71. The molecular weight excluding hydrogens is 329 g/mol. The van der Waals surface area contributed by atoms with Crippen LogP contribution in [0.15, 0.2) is 18.5 Å². The maximum Gasteiger partial charge on any atom is 0.242 e. The van der Waals surface area contributed by atoms with Crippen LogP contribution in [-0.2, 0) is 16.1 Å². The predicted molar refractivity (Wildman–Crippen MR) is 88.4 cm³/mol. The molecule has 0 radical (unpaired) electrons. The lowest BCUT2D eigenvalue weighted by molar-refractivity contribution is -0.139. The summed E-state index contributed by atoms with van der Waals surface area (Å²) in [5, 5.41) is 7.24. The van der Waals surface area contributed by atoms with Crippen LogP contribution < -0.4 is 5.32 Å². The predicted octanol–water partition coefficient (Wildman–Crippen LogP) is 0.00700. The Balaban J connectivity index is 0.00000220. The molecule has 2 rings (SSSR count). The fraction of sp³-hybridized carbons (Fsp3) is 0.615. The van der Waals surface area contributed by atoms with E-state index in [2.05, 4.69) is 10.4 Å². The number of hydrogen-bond donors (Lipinski definition) is 1. The van der Waals surface area contributed by atoms with Gasteiger partial charge in [0.25, 0.3) is 0 Å². The molecule has 0 aromatic carbocycles. The Labute approximate surface area is 142 Å². The number of halogens is 2. The molecule has 2 heterocycles. The molecule has 0 saturated carbocycles. The smallest absolute Gasteiger partial charge is 0.242 e. The maximum atomic E-state index is 12.0. The van der Waals surface area contributed by atoms with Crippen molar-refractivity contribution in [3.63, 3.8) is 0 Å². The average Bonchev–Trinajstić information content (AvgIpc) is 2.98. The van der Waals surface area contributed by atoms with Gasteiger partial charge >= 0.3 is 0 Å². The number of amides is 2. The first-order valence-corrected chi connectivity index (χ1v) is 6.86. The topological polar surface area (TPSA) is 70.5 Å². The number of nitrogens with zero attached hydrogens (tertiary/aromatic N) is 4. The van der Waals surface area contributed by atoms with Gasteiger partial charge in [-0.15, -0.1) is 24.8 Å². The van der Waals surface area contributed by atoms with Crippen molar-refractivity contribution in [2.24, 2.45) is 0 Å². The minimum Gasteiger partial charge on any atom is -0.339 e. The van der Waals surface area contributed by atoms with Crippen molar-refractivity contribution in [3.05, 3.63) is 18.5 Å². The number of rotatable bonds is 5. The highest BCUT2D eigenvalue weighted by Gasteiger charge is 2.19. The minimum atomic E-state index is -0.0380. The van der Waals surface area contributed by atoms with Crippen LogP contribution in [0, 0.1) is 0 Å². The Morgan fingerprint density at radius 1 is 1.27 bits per heavy atom. The van der Waals surface area contributed by atoms with Gasteiger partial charge in [0, 0.05) is 58.6 Å². The number of likely N-dealkylation sites (N-methyl/N-ethyl adjacent to an activating group) is 1. The minimum absolute atomic E-state index is 0. The van der Waals surface area contributed by atoms with E-state index in [4.69, 9.17) is 0 Å². The number of carbonyl (C=O) groups excluding carboxylic acids is 2. The van der Waals surface area contributed by atoms with E-state index in [0.717, 1.165) is 13.1 Å². The average molecular weight is 352 g/mol. The lowest BCUT2D eigenvalue weighted by Gasteiger charge is -2.29. The second-order valence-electron chi connectivity index (χ2n) is 4.90. The van der Waals surface area contributed by atoms with Crippen LogP contribution in [-0.4, -0.2) is 71.2 Å². The van der Waals surface area contributed by atoms with E-state index < -0.39 is 0 Å². The molecule has 0 spiro atoms. The van der Waals surface area contributed by atoms with E-state index in [1.807, 2.05) is 12.3 Å². The first-order chi connectivity index (χ1) is 9.66. The van der Waals surface area contributed by atoms with Crippen LogP contribution in [0.5, 0.6) is 0 Å². The normalized spacial score (nSPS) is 13.8. The SMILES string of the molecule is CN(CC(=O)N1CCNCC1)C(=O)CCn1cccn1.Cl.Cl. The second kappa shape index (κ2) is 10.4. The third kappa shape index (κ3) is 6.21. The fourth-order valence-corrected chi connectivity index (χ4v) is 2.14. The quantitative estimate of drug-likeness (QED) is 0.810. The molecular formula is C13H23Cl2N5O2. The van der Waals surface area contributed by atoms with Crippen molar-refractivity contribution in [2.75, 3.05) is 39.8 Å². The first-order valence-electron chi connectivity index (χ1n) is 6.86. The summed E-state index contributed by atoms with van der Waals surface area (Å²) in [5.41, 5.74) is 0. The van der Waals surface area contributed by atoms with Gasteiger partial charge in [0.05, 0.1) is 6.54 Å². The van der Waals surface area contributed by atoms with E-state index in [-0.39, 0.29) is 43.2 Å². The third-order valence-corrected chi connectivity index (χ3v) is 3.38. The molecule has 1 N–H and O–H groups in total. The van der Waals surface area contributed by atoms with Gasteiger partial charge in [-0.3, -0.25) is 14.3 Å². The molecule has 22 heavy (non-hydrogen) atoms. The number of nitrogens with one attached hydrogen (secondary N) is 1. The lowest BCUT2D eigenvalue weighted by Crippen LogP contribution is -2.49. The number of hydrogen-bond acceptors (Lipinski definition) is 4.